The fourth-order valence-electron chi connectivity index (χ4n) is 2.28. The van der Waals surface area contributed by atoms with E-state index in [9.17, 15) is 14.3 Å². The van der Waals surface area contributed by atoms with Crippen molar-refractivity contribution in [3.8, 4) is 0 Å². The van der Waals surface area contributed by atoms with Gasteiger partial charge in [-0.15, -0.1) is 0 Å². The topological polar surface area (TPSA) is 66.6 Å². The molecule has 0 spiro atoms. The minimum Gasteiger partial charge on any atom is -0.398 e. The molecule has 1 aliphatic rings. The molecule has 0 radical (unpaired) electrons. The van der Waals surface area contributed by atoms with Crippen LogP contribution >= 0.6 is 0 Å². The maximum Gasteiger partial charge on any atom is 0.256 e. The van der Waals surface area contributed by atoms with E-state index >= 15 is 0 Å². The maximum absolute atomic E-state index is 13.2. The summed E-state index contributed by atoms with van der Waals surface area (Å²) < 4.78 is 13.2. The van der Waals surface area contributed by atoms with Crippen LogP contribution in [0, 0.1) is 5.82 Å². The lowest BCUT2D eigenvalue weighted by molar-refractivity contribution is -0.0107. The van der Waals surface area contributed by atoms with E-state index in [-0.39, 0.29) is 23.7 Å². The molecule has 1 heterocycles. The van der Waals surface area contributed by atoms with Crippen molar-refractivity contribution in [2.75, 3.05) is 18.8 Å². The molecule has 98 valence electrons. The first kappa shape index (κ1) is 12.8. The van der Waals surface area contributed by atoms with Crippen LogP contribution in [0.1, 0.15) is 30.1 Å². The average Bonchev–Trinajstić information content (AvgIpc) is 2.30. The summed E-state index contributed by atoms with van der Waals surface area (Å²) in [4.78, 5) is 13.8. The van der Waals surface area contributed by atoms with Gasteiger partial charge in [0.25, 0.3) is 5.91 Å². The highest BCUT2D eigenvalue weighted by atomic mass is 19.1. The predicted octanol–water partition coefficient (Wildman–Crippen LogP) is 1.39. The van der Waals surface area contributed by atoms with E-state index in [0.717, 1.165) is 12.5 Å². The number of halogens is 1. The summed E-state index contributed by atoms with van der Waals surface area (Å²) in [6.45, 7) is 2.51. The predicted molar refractivity (Wildman–Crippen MR) is 66.6 cm³/mol. The van der Waals surface area contributed by atoms with Gasteiger partial charge in [0.05, 0.1) is 11.2 Å². The third-order valence-electron chi connectivity index (χ3n) is 3.21. The number of carbonyl (C=O) groups excluding carboxylic acids is 1. The number of aliphatic hydroxyl groups is 1. The number of nitrogen functional groups attached to an aromatic ring is 1. The molecule has 1 fully saturated rings. The van der Waals surface area contributed by atoms with Gasteiger partial charge in [-0.1, -0.05) is 0 Å². The van der Waals surface area contributed by atoms with Gasteiger partial charge in [-0.25, -0.2) is 4.39 Å². The summed E-state index contributed by atoms with van der Waals surface area (Å²) in [5.74, 6) is -0.816. The Bertz CT molecular complexity index is 474. The summed E-state index contributed by atoms with van der Waals surface area (Å²) >= 11 is 0. The molecular formula is C13H17FN2O2. The molecule has 1 unspecified atom stereocenters. The van der Waals surface area contributed by atoms with E-state index in [0.29, 0.717) is 13.0 Å². The van der Waals surface area contributed by atoms with E-state index in [4.69, 9.17) is 5.73 Å². The number of hydrogen-bond donors (Lipinski definition) is 2. The summed E-state index contributed by atoms with van der Waals surface area (Å²) in [5.41, 5.74) is 5.23. The quantitative estimate of drug-likeness (QED) is 0.742. The van der Waals surface area contributed by atoms with Gasteiger partial charge in [-0.3, -0.25) is 4.79 Å². The molecule has 0 saturated carbocycles. The highest BCUT2D eigenvalue weighted by Crippen LogP contribution is 2.23. The third kappa shape index (κ3) is 2.61. The number of anilines is 1. The van der Waals surface area contributed by atoms with Crippen molar-refractivity contribution in [1.82, 2.24) is 4.90 Å². The fraction of sp³-hybridized carbons (Fsp3) is 0.462. The zero-order chi connectivity index (χ0) is 13.3. The summed E-state index contributed by atoms with van der Waals surface area (Å²) in [6.07, 6.45) is 1.39. The molecule has 1 aromatic rings. The number of rotatable bonds is 1. The highest BCUT2D eigenvalue weighted by Gasteiger charge is 2.31. The Morgan fingerprint density at radius 2 is 2.28 bits per heavy atom. The van der Waals surface area contributed by atoms with Crippen LogP contribution in [-0.2, 0) is 0 Å². The van der Waals surface area contributed by atoms with Crippen molar-refractivity contribution in [2.45, 2.75) is 25.4 Å². The van der Waals surface area contributed by atoms with Gasteiger partial charge < -0.3 is 15.7 Å². The van der Waals surface area contributed by atoms with E-state index < -0.39 is 11.4 Å². The van der Waals surface area contributed by atoms with Gasteiger partial charge in [0.1, 0.15) is 5.82 Å². The highest BCUT2D eigenvalue weighted by molar-refractivity contribution is 5.99. The summed E-state index contributed by atoms with van der Waals surface area (Å²) in [7, 11) is 0. The molecule has 3 N–H and O–H groups in total. The second-order valence-corrected chi connectivity index (χ2v) is 5.06. The molecule has 0 bridgehead atoms. The Hall–Kier alpha value is -1.62. The Morgan fingerprint density at radius 3 is 2.94 bits per heavy atom. The number of nitrogens with zero attached hydrogens (tertiary/aromatic N) is 1. The number of benzene rings is 1. The number of piperidine rings is 1. The molecule has 1 aliphatic heterocycles. The third-order valence-corrected chi connectivity index (χ3v) is 3.21. The van der Waals surface area contributed by atoms with Crippen LogP contribution in [-0.4, -0.2) is 34.6 Å². The van der Waals surface area contributed by atoms with Gasteiger partial charge >= 0.3 is 0 Å². The van der Waals surface area contributed by atoms with Gasteiger partial charge in [0.15, 0.2) is 0 Å². The number of amides is 1. The number of carbonyl (C=O) groups is 1. The Kier molecular flexibility index (Phi) is 3.26. The number of hydrogen-bond acceptors (Lipinski definition) is 3. The first-order valence-corrected chi connectivity index (χ1v) is 5.96. The lowest BCUT2D eigenvalue weighted by Crippen LogP contribution is -2.48. The van der Waals surface area contributed by atoms with Crippen molar-refractivity contribution in [3.63, 3.8) is 0 Å². The zero-order valence-electron chi connectivity index (χ0n) is 10.3. The molecule has 5 heteroatoms. The monoisotopic (exact) mass is 252 g/mol. The molecule has 0 aromatic heterocycles. The largest absolute Gasteiger partial charge is 0.398 e. The molecule has 1 saturated heterocycles. The van der Waals surface area contributed by atoms with E-state index in [2.05, 4.69) is 0 Å². The lowest BCUT2D eigenvalue weighted by Gasteiger charge is -2.37. The van der Waals surface area contributed by atoms with Crippen LogP contribution < -0.4 is 5.73 Å². The van der Waals surface area contributed by atoms with Crippen LogP contribution in [0.2, 0.25) is 0 Å². The summed E-state index contributed by atoms with van der Waals surface area (Å²) in [6, 6.07) is 3.74. The van der Waals surface area contributed by atoms with Gasteiger partial charge in [0.2, 0.25) is 0 Å². The van der Waals surface area contributed by atoms with Crippen molar-refractivity contribution in [2.24, 2.45) is 0 Å². The molecule has 1 atom stereocenters. The first-order valence-electron chi connectivity index (χ1n) is 5.96. The smallest absolute Gasteiger partial charge is 0.256 e. The molecule has 18 heavy (non-hydrogen) atoms. The van der Waals surface area contributed by atoms with Crippen LogP contribution in [0.5, 0.6) is 0 Å². The van der Waals surface area contributed by atoms with Crippen molar-refractivity contribution in [3.05, 3.63) is 29.6 Å². The second kappa shape index (κ2) is 4.57. The number of β-amino-alcohol motifs (C(OH)–C–C–N with tert-alkyl or cyclic N) is 1. The molecule has 4 nitrogen and oxygen atoms in total. The van der Waals surface area contributed by atoms with Crippen LogP contribution in [0.3, 0.4) is 0 Å². The Balaban J connectivity index is 2.23. The Morgan fingerprint density at radius 1 is 1.56 bits per heavy atom. The SMILES string of the molecule is CC1(O)CCCN(C(=O)c2cc(F)ccc2N)C1. The molecule has 0 aliphatic carbocycles. The maximum atomic E-state index is 13.2. The van der Waals surface area contributed by atoms with Crippen LogP contribution in [0.15, 0.2) is 18.2 Å². The molecular weight excluding hydrogens is 235 g/mol. The van der Waals surface area contributed by atoms with E-state index in [1.807, 2.05) is 0 Å². The van der Waals surface area contributed by atoms with Gasteiger partial charge in [-0.05, 0) is 38.0 Å². The summed E-state index contributed by atoms with van der Waals surface area (Å²) in [5, 5.41) is 9.97. The normalized spacial score (nSPS) is 24.1. The Labute approximate surface area is 105 Å². The van der Waals surface area contributed by atoms with Crippen LogP contribution in [0.4, 0.5) is 10.1 Å². The number of nitrogens with two attached hydrogens (primary N) is 1. The van der Waals surface area contributed by atoms with Crippen LogP contribution in [0.25, 0.3) is 0 Å². The van der Waals surface area contributed by atoms with Crippen molar-refractivity contribution < 1.29 is 14.3 Å². The standard InChI is InChI=1S/C13H17FN2O2/c1-13(18)5-2-6-16(8-13)12(17)10-7-9(14)3-4-11(10)15/h3-4,7,18H,2,5-6,8,15H2,1H3. The van der Waals surface area contributed by atoms with Crippen molar-refractivity contribution in [1.29, 1.82) is 0 Å². The molecule has 1 aromatic carbocycles. The van der Waals surface area contributed by atoms with E-state index in [1.54, 1.807) is 6.92 Å². The molecule has 2 rings (SSSR count). The minimum absolute atomic E-state index is 0.160. The molecule has 1 amide bonds. The zero-order valence-corrected chi connectivity index (χ0v) is 10.3. The fourth-order valence-corrected chi connectivity index (χ4v) is 2.28. The van der Waals surface area contributed by atoms with Crippen molar-refractivity contribution >= 4 is 11.6 Å². The minimum atomic E-state index is -0.879. The van der Waals surface area contributed by atoms with Gasteiger partial charge in [-0.2, -0.15) is 0 Å². The van der Waals surface area contributed by atoms with Gasteiger partial charge in [0, 0.05) is 18.8 Å². The average molecular weight is 252 g/mol. The first-order chi connectivity index (χ1) is 8.39. The second-order valence-electron chi connectivity index (χ2n) is 5.06. The van der Waals surface area contributed by atoms with E-state index in [1.165, 1.54) is 17.0 Å². The lowest BCUT2D eigenvalue weighted by atomic mass is 9.94. The number of likely N-dealkylation sites (tertiary alicyclic amines) is 1.